The molecule has 0 amide bonds. The molecule has 5 rings (SSSR count). The van der Waals surface area contributed by atoms with Crippen LogP contribution in [0.5, 0.6) is 5.75 Å². The van der Waals surface area contributed by atoms with Crippen molar-refractivity contribution in [3.8, 4) is 11.8 Å². The van der Waals surface area contributed by atoms with Gasteiger partial charge in [0.2, 0.25) is 5.75 Å². The molecule has 10 nitrogen and oxygen atoms in total. The number of rotatable bonds is 8. The van der Waals surface area contributed by atoms with E-state index in [-0.39, 0.29) is 34.8 Å². The first-order valence-electron chi connectivity index (χ1n) is 13.5. The van der Waals surface area contributed by atoms with Crippen LogP contribution in [0.25, 0.3) is 6.08 Å². The Bertz CT molecular complexity index is 2060. The van der Waals surface area contributed by atoms with E-state index in [1.165, 1.54) is 10.6 Å². The van der Waals surface area contributed by atoms with Crippen LogP contribution in [0.3, 0.4) is 0 Å². The summed E-state index contributed by atoms with van der Waals surface area (Å²) in [7, 11) is 0. The van der Waals surface area contributed by atoms with E-state index in [0.29, 0.717) is 31.7 Å². The van der Waals surface area contributed by atoms with Gasteiger partial charge in [0.1, 0.15) is 6.61 Å². The molecule has 1 aromatic heterocycles. The second-order valence-corrected chi connectivity index (χ2v) is 11.7. The van der Waals surface area contributed by atoms with Crippen LogP contribution >= 0.6 is 27.3 Å². The molecule has 0 saturated carbocycles. The van der Waals surface area contributed by atoms with Gasteiger partial charge in [0, 0.05) is 11.6 Å². The Morgan fingerprint density at radius 1 is 1.20 bits per heavy atom. The van der Waals surface area contributed by atoms with Crippen molar-refractivity contribution in [3.05, 3.63) is 134 Å². The fourth-order valence-corrected chi connectivity index (χ4v) is 6.50. The summed E-state index contributed by atoms with van der Waals surface area (Å²) in [5.41, 5.74) is 3.11. The summed E-state index contributed by atoms with van der Waals surface area (Å²) in [6, 6.07) is 18.6. The molecule has 0 fully saturated rings. The number of carbonyl (C=O) groups excluding carboxylic acids is 1. The topological polar surface area (TPSA) is 137 Å². The quantitative estimate of drug-likeness (QED) is 0.142. The number of nitriles is 1. The Hall–Kier alpha value is -4.86. The largest absolute Gasteiger partial charge is 0.481 e. The lowest BCUT2D eigenvalue weighted by molar-refractivity contribution is -0.386. The molecule has 1 aliphatic heterocycles. The zero-order valence-corrected chi connectivity index (χ0v) is 26.3. The van der Waals surface area contributed by atoms with E-state index < -0.39 is 22.5 Å². The number of nitro benzene ring substituents is 1. The molecule has 1 aliphatic rings. The summed E-state index contributed by atoms with van der Waals surface area (Å²) in [5.74, 6) is -0.559. The molecule has 0 aliphatic carbocycles. The molecule has 3 aromatic carbocycles. The molecule has 4 aromatic rings. The maximum Gasteiger partial charge on any atom is 0.338 e. The number of fused-ring (bicyclic) bond motifs is 1. The molecule has 44 heavy (non-hydrogen) atoms. The van der Waals surface area contributed by atoms with Crippen molar-refractivity contribution in [3.63, 3.8) is 0 Å². The van der Waals surface area contributed by atoms with E-state index in [1.54, 1.807) is 50.3 Å². The average molecular weight is 674 g/mol. The van der Waals surface area contributed by atoms with Crippen molar-refractivity contribution in [1.29, 1.82) is 5.26 Å². The number of allylic oxidation sites excluding steroid dienone is 1. The number of ether oxygens (including phenoxy) is 2. The molecule has 0 bridgehead atoms. The van der Waals surface area contributed by atoms with E-state index in [0.717, 1.165) is 22.5 Å². The van der Waals surface area contributed by atoms with Gasteiger partial charge in [-0.05, 0) is 66.0 Å². The Balaban J connectivity index is 1.60. The van der Waals surface area contributed by atoms with Crippen LogP contribution in [0.1, 0.15) is 47.7 Å². The molecule has 0 unspecified atom stereocenters. The summed E-state index contributed by atoms with van der Waals surface area (Å²) >= 11 is 4.51. The molecule has 222 valence electrons. The summed E-state index contributed by atoms with van der Waals surface area (Å²) < 4.78 is 13.2. The van der Waals surface area contributed by atoms with Crippen molar-refractivity contribution in [2.45, 2.75) is 33.4 Å². The van der Waals surface area contributed by atoms with Gasteiger partial charge in [-0.1, -0.05) is 59.4 Å². The normalized spacial score (nSPS) is 14.4. The minimum atomic E-state index is -0.763. The smallest absolute Gasteiger partial charge is 0.338 e. The number of halogens is 1. The van der Waals surface area contributed by atoms with Crippen LogP contribution in [0.2, 0.25) is 0 Å². The van der Waals surface area contributed by atoms with E-state index in [9.17, 15) is 25.0 Å². The van der Waals surface area contributed by atoms with Crippen molar-refractivity contribution >= 4 is 45.0 Å². The number of aromatic nitrogens is 1. The van der Waals surface area contributed by atoms with Gasteiger partial charge in [0.05, 0.1) is 49.5 Å². The van der Waals surface area contributed by atoms with E-state index >= 15 is 0 Å². The van der Waals surface area contributed by atoms with Crippen molar-refractivity contribution in [2.75, 3.05) is 6.61 Å². The average Bonchev–Trinajstić information content (AvgIpc) is 3.30. The number of nitro groups is 1. The molecule has 0 saturated heterocycles. The van der Waals surface area contributed by atoms with Crippen LogP contribution in [-0.4, -0.2) is 22.1 Å². The van der Waals surface area contributed by atoms with Crippen molar-refractivity contribution < 1.29 is 19.2 Å². The SMILES string of the molecule is CCOC(=O)C1=C(C)N=c2s/c(=C\c3cc(Br)c(OCc4ccccc4C#N)c([N+](=O)[O-])c3)c(=O)n2[C@H]1c1ccc(C)cc1. The number of carbonyl (C=O) groups is 1. The Labute approximate surface area is 264 Å². The third kappa shape index (κ3) is 5.97. The Morgan fingerprint density at radius 3 is 2.61 bits per heavy atom. The van der Waals surface area contributed by atoms with Crippen LogP contribution in [-0.2, 0) is 16.1 Å². The molecule has 0 radical (unpaired) electrons. The van der Waals surface area contributed by atoms with Crippen LogP contribution in [0.15, 0.2) is 86.2 Å². The monoisotopic (exact) mass is 672 g/mol. The second kappa shape index (κ2) is 12.8. The highest BCUT2D eigenvalue weighted by molar-refractivity contribution is 9.10. The van der Waals surface area contributed by atoms with Crippen LogP contribution in [0.4, 0.5) is 5.69 Å². The van der Waals surface area contributed by atoms with Crippen molar-refractivity contribution in [2.24, 2.45) is 4.99 Å². The lowest BCUT2D eigenvalue weighted by atomic mass is 9.95. The number of aryl methyl sites for hydroxylation is 1. The van der Waals surface area contributed by atoms with Gasteiger partial charge >= 0.3 is 11.7 Å². The van der Waals surface area contributed by atoms with E-state index in [4.69, 9.17) is 9.47 Å². The fraction of sp³-hybridized carbons (Fsp3) is 0.188. The predicted molar refractivity (Wildman–Crippen MR) is 168 cm³/mol. The summed E-state index contributed by atoms with van der Waals surface area (Å²) in [4.78, 5) is 43.4. The third-order valence-electron chi connectivity index (χ3n) is 6.96. The maximum absolute atomic E-state index is 13.9. The molecule has 1 atom stereocenters. The van der Waals surface area contributed by atoms with Gasteiger partial charge in [-0.15, -0.1) is 0 Å². The van der Waals surface area contributed by atoms with Crippen LogP contribution in [0, 0.1) is 28.4 Å². The van der Waals surface area contributed by atoms with E-state index in [1.807, 2.05) is 31.2 Å². The number of hydrogen-bond acceptors (Lipinski definition) is 9. The zero-order valence-electron chi connectivity index (χ0n) is 23.9. The molecular weight excluding hydrogens is 648 g/mol. The Kier molecular flexibility index (Phi) is 8.89. The summed E-state index contributed by atoms with van der Waals surface area (Å²) in [6.07, 6.45) is 1.55. The minimum absolute atomic E-state index is 0.00423. The van der Waals surface area contributed by atoms with Gasteiger partial charge < -0.3 is 9.47 Å². The molecule has 0 N–H and O–H groups in total. The van der Waals surface area contributed by atoms with Gasteiger partial charge in [-0.25, -0.2) is 9.79 Å². The highest BCUT2D eigenvalue weighted by Gasteiger charge is 2.33. The van der Waals surface area contributed by atoms with Gasteiger partial charge in [0.25, 0.3) is 5.56 Å². The van der Waals surface area contributed by atoms with E-state index in [2.05, 4.69) is 27.0 Å². The maximum atomic E-state index is 13.9. The molecular formula is C32H25BrN4O6S. The number of hydrogen-bond donors (Lipinski definition) is 0. The van der Waals surface area contributed by atoms with Crippen molar-refractivity contribution in [1.82, 2.24) is 4.57 Å². The van der Waals surface area contributed by atoms with Gasteiger partial charge in [-0.3, -0.25) is 19.5 Å². The second-order valence-electron chi connectivity index (χ2n) is 9.88. The number of nitrogens with zero attached hydrogens (tertiary/aromatic N) is 4. The number of thiazole rings is 1. The number of esters is 1. The lowest BCUT2D eigenvalue weighted by Gasteiger charge is -2.24. The summed E-state index contributed by atoms with van der Waals surface area (Å²) in [6.45, 7) is 5.48. The minimum Gasteiger partial charge on any atom is -0.481 e. The lowest BCUT2D eigenvalue weighted by Crippen LogP contribution is -2.39. The first kappa shape index (κ1) is 30.6. The van der Waals surface area contributed by atoms with Gasteiger partial charge in [-0.2, -0.15) is 5.26 Å². The third-order valence-corrected chi connectivity index (χ3v) is 8.53. The molecule has 0 spiro atoms. The van der Waals surface area contributed by atoms with Gasteiger partial charge in [0.15, 0.2) is 4.80 Å². The first-order valence-corrected chi connectivity index (χ1v) is 15.1. The van der Waals surface area contributed by atoms with Crippen LogP contribution < -0.4 is 19.6 Å². The predicted octanol–water partition coefficient (Wildman–Crippen LogP) is 5.23. The Morgan fingerprint density at radius 2 is 1.93 bits per heavy atom. The first-order chi connectivity index (χ1) is 21.1. The fourth-order valence-electron chi connectivity index (χ4n) is 4.87. The molecule has 12 heteroatoms. The highest BCUT2D eigenvalue weighted by Crippen LogP contribution is 2.37. The molecule has 2 heterocycles. The number of benzene rings is 3. The zero-order chi connectivity index (χ0) is 31.5. The standard InChI is InChI=1S/C32H25BrN4O6S/c1-4-42-31(39)27-19(3)35-32-36(28(27)21-11-9-18(2)10-12-21)30(38)26(44-32)15-20-13-24(33)29(25(14-20)37(40)41)43-17-23-8-6-5-7-22(23)16-34/h5-15,28H,4,17H2,1-3H3/b26-15-/t28-/m0/s1. The summed E-state index contributed by atoms with van der Waals surface area (Å²) in [5, 5.41) is 21.4. The highest BCUT2D eigenvalue weighted by atomic mass is 79.9.